The number of nitrogens with zero attached hydrogens (tertiary/aromatic N) is 7. The first-order valence-electron chi connectivity index (χ1n) is 29.7. The van der Waals surface area contributed by atoms with E-state index in [9.17, 15) is 13.2 Å². The van der Waals surface area contributed by atoms with E-state index in [1.165, 1.54) is 43.6 Å². The molecule has 2 aliphatic rings. The topological polar surface area (TPSA) is 224 Å². The molecule has 2 atom stereocenters. The summed E-state index contributed by atoms with van der Waals surface area (Å²) >= 11 is 15.2. The fourth-order valence-electron chi connectivity index (χ4n) is 9.40. The second-order valence-electron chi connectivity index (χ2n) is 23.9. The van der Waals surface area contributed by atoms with Crippen LogP contribution in [0.5, 0.6) is 0 Å². The molecule has 91 heavy (non-hydrogen) atoms. The first-order valence-corrected chi connectivity index (χ1v) is 33.0. The highest BCUT2D eigenvalue weighted by molar-refractivity contribution is 9.10. The third-order valence-electron chi connectivity index (χ3n) is 14.9. The number of benzene rings is 5. The number of aromatic nitrogens is 7. The molecule has 10 aromatic rings. The number of H-pyrrole nitrogens is 1. The predicted molar refractivity (Wildman–Crippen MR) is 371 cm³/mol. The Kier molecular flexibility index (Phi) is 24.4. The van der Waals surface area contributed by atoms with Crippen molar-refractivity contribution in [1.29, 1.82) is 0 Å². The van der Waals surface area contributed by atoms with Crippen LogP contribution in [-0.2, 0) is 47.7 Å². The molecular formula is C69H76BBrCl2N10O7S. The van der Waals surface area contributed by atoms with Crippen LogP contribution in [0.1, 0.15) is 78.0 Å². The van der Waals surface area contributed by atoms with Gasteiger partial charge in [-0.1, -0.05) is 99.8 Å². The van der Waals surface area contributed by atoms with E-state index in [-0.39, 0.29) is 37.0 Å². The second kappa shape index (κ2) is 32.1. The standard InChI is InChI=1S/C22H21ClN4.C16H24ClNO5S.C13H10N2.C9H15BN2O2.C9H6BrN/c23-21-5-1-16(2-6-21)11-22(24)8-10-27-15-20(14-26-27)17-3-4-19-13-25-9-7-18(19)12-17;1-16(2,3)23-15(19)18-14(9-10-22-24(4,20)21)11-12-5-7-13(17)8-6-12;1-2-12-8-14-5-3-11(12)7-10(1)13-4-6-15-9-13;1-8(2)9(3,4)14-10(13-8)7-5-11-12-6-7;10-9-2-1-8-6-11-4-3-7(8)5-9/h1-7,9,12-15,22H,8,10-11,24H2;5-8,14H,9-11H2,1-4H3,(H,18,19);1-5,7-9H,6H2;5-6H,1-4H3,(H,11,12);1-6H/t22-;14-;;;/m11.../s1. The number of carbonyl (C=O) groups is 1. The summed E-state index contributed by atoms with van der Waals surface area (Å²) in [6.07, 6.45) is 25.6. The zero-order valence-corrected chi connectivity index (χ0v) is 56.2. The summed E-state index contributed by atoms with van der Waals surface area (Å²) in [4.78, 5) is 28.4. The van der Waals surface area contributed by atoms with Gasteiger partial charge >= 0.3 is 13.2 Å². The number of pyridine rings is 3. The molecule has 22 heteroatoms. The van der Waals surface area contributed by atoms with Crippen LogP contribution < -0.4 is 16.5 Å². The number of amides is 1. The van der Waals surface area contributed by atoms with Gasteiger partial charge in [-0.05, 0) is 185 Å². The summed E-state index contributed by atoms with van der Waals surface area (Å²) in [6.45, 7) is 15.0. The highest BCUT2D eigenvalue weighted by atomic mass is 79.9. The number of rotatable bonds is 15. The lowest BCUT2D eigenvalue weighted by Gasteiger charge is -2.32. The fourth-order valence-corrected chi connectivity index (χ4v) is 10.4. The summed E-state index contributed by atoms with van der Waals surface area (Å²) in [5.41, 5.74) is 12.9. The summed E-state index contributed by atoms with van der Waals surface area (Å²) in [5, 5.41) is 22.4. The van der Waals surface area contributed by atoms with Crippen LogP contribution >= 0.6 is 39.1 Å². The van der Waals surface area contributed by atoms with Crippen LogP contribution in [0.3, 0.4) is 0 Å². The molecule has 0 saturated carbocycles. The average Bonchev–Trinajstić information content (AvgIpc) is 1.69. The maximum absolute atomic E-state index is 12.0. The molecule has 1 saturated heterocycles. The van der Waals surface area contributed by atoms with E-state index in [0.717, 1.165) is 69.2 Å². The number of ether oxygens (including phenoxy) is 1. The Morgan fingerprint density at radius 1 is 0.725 bits per heavy atom. The van der Waals surface area contributed by atoms with Crippen molar-refractivity contribution in [1.82, 2.24) is 40.2 Å². The number of aromatic amines is 1. The van der Waals surface area contributed by atoms with Crippen molar-refractivity contribution < 1.29 is 31.4 Å². The molecule has 0 bridgehead atoms. The van der Waals surface area contributed by atoms with Gasteiger partial charge in [-0.3, -0.25) is 33.9 Å². The van der Waals surface area contributed by atoms with Crippen molar-refractivity contribution in [3.63, 3.8) is 0 Å². The minimum Gasteiger partial charge on any atom is -0.444 e. The SMILES string of the molecule is Brc1ccc2cnccc2c1.C1=NCC=C1c1ccc2cnccc2c1.CC(C)(C)OC(=O)N[C@H](CCOS(C)(=O)=O)Cc1ccc(Cl)cc1.CC1(C)OB(c2cn[nH]c2)OC1(C)C.N[C@H](CCn1cc(-c2ccc3cnccc3c2)cn1)Cc1ccc(Cl)cc1. The Morgan fingerprint density at radius 3 is 1.81 bits per heavy atom. The minimum atomic E-state index is -3.52. The molecule has 2 aliphatic heterocycles. The van der Waals surface area contributed by atoms with Crippen molar-refractivity contribution in [3.8, 4) is 11.1 Å². The number of aliphatic imine (C=N–C) groups is 1. The van der Waals surface area contributed by atoms with Gasteiger partial charge in [0, 0.05) is 122 Å². The molecule has 7 heterocycles. The number of halogens is 3. The lowest BCUT2D eigenvalue weighted by Crippen LogP contribution is -2.41. The van der Waals surface area contributed by atoms with Crippen LogP contribution in [-0.4, -0.2) is 111 Å². The number of nitrogens with two attached hydrogens (primary N) is 1. The normalized spacial score (nSPS) is 14.5. The van der Waals surface area contributed by atoms with Gasteiger partial charge in [0.1, 0.15) is 5.60 Å². The third-order valence-corrected chi connectivity index (χ3v) is 16.5. The molecule has 0 aliphatic carbocycles. The molecule has 1 fully saturated rings. The highest BCUT2D eigenvalue weighted by Crippen LogP contribution is 2.36. The zero-order chi connectivity index (χ0) is 65.2. The summed E-state index contributed by atoms with van der Waals surface area (Å²) in [5.74, 6) is 0. The van der Waals surface area contributed by atoms with Crippen LogP contribution in [0.15, 0.2) is 199 Å². The summed E-state index contributed by atoms with van der Waals surface area (Å²) in [6, 6.07) is 39.8. The molecule has 4 N–H and O–H groups in total. The van der Waals surface area contributed by atoms with E-state index >= 15 is 0 Å². The number of allylic oxidation sites excluding steroid dienone is 1. The Bertz CT molecular complexity index is 4150. The van der Waals surface area contributed by atoms with Crippen molar-refractivity contribution in [2.24, 2.45) is 10.7 Å². The number of nitrogens with one attached hydrogen (secondary N) is 2. The molecule has 1 amide bonds. The maximum atomic E-state index is 12.0. The van der Waals surface area contributed by atoms with Gasteiger partial charge in [0.05, 0.1) is 36.8 Å². The van der Waals surface area contributed by atoms with Crippen molar-refractivity contribution in [3.05, 3.63) is 221 Å². The predicted octanol–water partition coefficient (Wildman–Crippen LogP) is 14.3. The fraction of sp³-hybridized carbons (Fsp3) is 0.290. The molecule has 0 spiro atoms. The first kappa shape index (κ1) is 69.2. The number of aryl methyl sites for hydroxylation is 1. The van der Waals surface area contributed by atoms with Gasteiger partial charge in [0.2, 0.25) is 0 Å². The molecule has 474 valence electrons. The third kappa shape index (κ3) is 22.0. The van der Waals surface area contributed by atoms with Crippen molar-refractivity contribution in [2.45, 2.75) is 110 Å². The van der Waals surface area contributed by atoms with E-state index in [4.69, 9.17) is 47.2 Å². The quantitative estimate of drug-likeness (QED) is 0.0642. The number of fused-ring (bicyclic) bond motifs is 3. The van der Waals surface area contributed by atoms with Crippen molar-refractivity contribution >= 4 is 112 Å². The molecule has 0 radical (unpaired) electrons. The van der Waals surface area contributed by atoms with Gasteiger partial charge in [-0.15, -0.1) is 0 Å². The Morgan fingerprint density at radius 2 is 1.27 bits per heavy atom. The van der Waals surface area contributed by atoms with Crippen LogP contribution in [0.2, 0.25) is 10.0 Å². The second-order valence-corrected chi connectivity index (χ2v) is 27.3. The summed E-state index contributed by atoms with van der Waals surface area (Å²) < 4.78 is 46.9. The number of alkyl carbamates (subject to hydrolysis) is 1. The van der Waals surface area contributed by atoms with E-state index in [1.807, 2.05) is 143 Å². The van der Waals surface area contributed by atoms with Gasteiger partial charge in [-0.2, -0.15) is 18.6 Å². The Balaban J connectivity index is 0.000000152. The van der Waals surface area contributed by atoms with Gasteiger partial charge in [-0.25, -0.2) is 4.79 Å². The molecule has 17 nitrogen and oxygen atoms in total. The Hall–Kier alpha value is -7.66. The minimum absolute atomic E-state index is 0.0209. The maximum Gasteiger partial charge on any atom is 0.498 e. The molecular weight excluding hydrogens is 1270 g/mol. The van der Waals surface area contributed by atoms with Gasteiger partial charge in [0.25, 0.3) is 10.1 Å². The molecule has 12 rings (SSSR count). The Labute approximate surface area is 551 Å². The number of carbonyl (C=O) groups excluding carboxylic acids is 1. The largest absolute Gasteiger partial charge is 0.498 e. The molecule has 0 unspecified atom stereocenters. The number of hydrogen-bond donors (Lipinski definition) is 3. The first-order chi connectivity index (χ1) is 43.3. The molecule has 5 aromatic heterocycles. The van der Waals surface area contributed by atoms with Crippen LogP contribution in [0.4, 0.5) is 4.79 Å². The van der Waals surface area contributed by atoms with E-state index in [0.29, 0.717) is 17.9 Å². The van der Waals surface area contributed by atoms with Crippen LogP contribution in [0, 0.1) is 0 Å². The van der Waals surface area contributed by atoms with E-state index in [2.05, 4.69) is 111 Å². The monoisotopic (exact) mass is 1350 g/mol. The lowest BCUT2D eigenvalue weighted by atomic mass is 9.82. The van der Waals surface area contributed by atoms with Gasteiger partial charge < -0.3 is 25.1 Å². The van der Waals surface area contributed by atoms with Crippen LogP contribution in [0.25, 0.3) is 49.0 Å². The van der Waals surface area contributed by atoms with Crippen molar-refractivity contribution in [2.75, 3.05) is 19.4 Å². The smallest absolute Gasteiger partial charge is 0.444 e. The van der Waals surface area contributed by atoms with Gasteiger partial charge in [0.15, 0.2) is 0 Å². The van der Waals surface area contributed by atoms with E-state index < -0.39 is 21.8 Å². The number of hydrogen-bond acceptors (Lipinski definition) is 14. The van der Waals surface area contributed by atoms with E-state index in [1.54, 1.807) is 51.5 Å². The zero-order valence-electron chi connectivity index (χ0n) is 52.3. The summed E-state index contributed by atoms with van der Waals surface area (Å²) in [7, 11) is -3.82. The lowest BCUT2D eigenvalue weighted by molar-refractivity contribution is 0.00578. The molecule has 5 aromatic carbocycles. The highest BCUT2D eigenvalue weighted by Gasteiger charge is 2.52. The average molecular weight is 1350 g/mol.